The molecule has 0 aromatic heterocycles. The molecule has 1 saturated carbocycles. The molecule has 2 atom stereocenters. The summed E-state index contributed by atoms with van der Waals surface area (Å²) in [5, 5.41) is 10.3. The molecule has 1 aliphatic carbocycles. The third-order valence-electron chi connectivity index (χ3n) is 5.88. The molecule has 5 heteroatoms. The van der Waals surface area contributed by atoms with E-state index in [1.165, 1.54) is 12.1 Å². The number of aliphatic hydroxyl groups is 1. The Labute approximate surface area is 157 Å². The number of rotatable bonds is 3. The van der Waals surface area contributed by atoms with Gasteiger partial charge in [0.25, 0.3) is 5.91 Å². The lowest BCUT2D eigenvalue weighted by atomic mass is 9.91. The third-order valence-corrected chi connectivity index (χ3v) is 5.88. The Bertz CT molecular complexity index is 896. The minimum absolute atomic E-state index is 0.0585. The zero-order valence-electron chi connectivity index (χ0n) is 15.3. The van der Waals surface area contributed by atoms with Gasteiger partial charge in [-0.1, -0.05) is 25.0 Å². The number of carbonyl (C=O) groups is 1. The maximum Gasteiger partial charge on any atom is 0.254 e. The Balaban J connectivity index is 1.61. The van der Waals surface area contributed by atoms with Crippen LogP contribution in [0.15, 0.2) is 30.3 Å². The highest BCUT2D eigenvalue weighted by molar-refractivity contribution is 5.99. The van der Waals surface area contributed by atoms with Gasteiger partial charge in [0, 0.05) is 24.6 Å². The number of hydrogen-bond donors (Lipinski definition) is 1. The van der Waals surface area contributed by atoms with Crippen molar-refractivity contribution in [1.29, 1.82) is 0 Å². The van der Waals surface area contributed by atoms with Crippen molar-refractivity contribution in [3.63, 3.8) is 0 Å². The highest BCUT2D eigenvalue weighted by Gasteiger charge is 2.37. The van der Waals surface area contributed by atoms with Crippen LogP contribution < -0.4 is 0 Å². The second kappa shape index (κ2) is 7.04. The van der Waals surface area contributed by atoms with Crippen molar-refractivity contribution >= 4 is 5.91 Å². The van der Waals surface area contributed by atoms with E-state index in [0.29, 0.717) is 24.1 Å². The quantitative estimate of drug-likeness (QED) is 0.882. The summed E-state index contributed by atoms with van der Waals surface area (Å²) in [5.41, 5.74) is 3.84. The molecule has 2 aliphatic rings. The predicted molar refractivity (Wildman–Crippen MR) is 98.5 cm³/mol. The summed E-state index contributed by atoms with van der Waals surface area (Å²) in [6, 6.07) is 7.28. The smallest absolute Gasteiger partial charge is 0.254 e. The van der Waals surface area contributed by atoms with Crippen molar-refractivity contribution in [1.82, 2.24) is 4.90 Å². The zero-order valence-corrected chi connectivity index (χ0v) is 15.3. The lowest BCUT2D eigenvalue weighted by molar-refractivity contribution is 0.0191. The van der Waals surface area contributed by atoms with Crippen LogP contribution in [0.25, 0.3) is 0 Å². The topological polar surface area (TPSA) is 40.5 Å². The molecule has 1 amide bonds. The SMILES string of the molecule is Cc1cc2c(cc1Cc1ccc(F)cc1F)C(=O)N([C@@H]1CCCC[C@H]1O)C2. The number of halogens is 2. The first-order valence-corrected chi connectivity index (χ1v) is 9.49. The molecule has 3 nitrogen and oxygen atoms in total. The van der Waals surface area contributed by atoms with E-state index < -0.39 is 17.7 Å². The lowest BCUT2D eigenvalue weighted by Gasteiger charge is -2.35. The van der Waals surface area contributed by atoms with Crippen LogP contribution in [-0.2, 0) is 13.0 Å². The number of carbonyl (C=O) groups excluding carboxylic acids is 1. The monoisotopic (exact) mass is 371 g/mol. The number of benzene rings is 2. The fraction of sp³-hybridized carbons (Fsp3) is 0.409. The van der Waals surface area contributed by atoms with Gasteiger partial charge in [0.15, 0.2) is 0 Å². The van der Waals surface area contributed by atoms with Crippen LogP contribution in [0, 0.1) is 18.6 Å². The maximum absolute atomic E-state index is 14.0. The second-order valence-corrected chi connectivity index (χ2v) is 7.70. The van der Waals surface area contributed by atoms with Gasteiger partial charge in [-0.25, -0.2) is 8.78 Å². The van der Waals surface area contributed by atoms with E-state index >= 15 is 0 Å². The van der Waals surface area contributed by atoms with Gasteiger partial charge in [0.2, 0.25) is 0 Å². The van der Waals surface area contributed by atoms with Gasteiger partial charge in [0.1, 0.15) is 11.6 Å². The molecule has 2 aromatic carbocycles. The summed E-state index contributed by atoms with van der Waals surface area (Å²) in [7, 11) is 0. The van der Waals surface area contributed by atoms with Gasteiger partial charge in [-0.3, -0.25) is 4.79 Å². The van der Waals surface area contributed by atoms with Crippen LogP contribution in [0.5, 0.6) is 0 Å². The molecule has 1 aliphatic heterocycles. The summed E-state index contributed by atoms with van der Waals surface area (Å²) in [5.74, 6) is -1.23. The molecule has 0 bridgehead atoms. The number of aliphatic hydroxyl groups excluding tert-OH is 1. The van der Waals surface area contributed by atoms with Crippen LogP contribution in [0.2, 0.25) is 0 Å². The zero-order chi connectivity index (χ0) is 19.1. The summed E-state index contributed by atoms with van der Waals surface area (Å²) >= 11 is 0. The Morgan fingerprint density at radius 3 is 2.63 bits per heavy atom. The highest BCUT2D eigenvalue weighted by Crippen LogP contribution is 2.33. The molecule has 1 N–H and O–H groups in total. The number of amides is 1. The predicted octanol–water partition coefficient (Wildman–Crippen LogP) is 4.12. The van der Waals surface area contributed by atoms with E-state index in [1.54, 1.807) is 4.90 Å². The summed E-state index contributed by atoms with van der Waals surface area (Å²) in [6.45, 7) is 2.46. The van der Waals surface area contributed by atoms with Gasteiger partial charge < -0.3 is 10.0 Å². The van der Waals surface area contributed by atoms with Gasteiger partial charge in [-0.15, -0.1) is 0 Å². The minimum atomic E-state index is -0.598. The number of aryl methyl sites for hydroxylation is 1. The summed E-state index contributed by atoms with van der Waals surface area (Å²) in [4.78, 5) is 14.7. The molecule has 0 saturated heterocycles. The normalized spacial score (nSPS) is 22.2. The van der Waals surface area contributed by atoms with E-state index in [1.807, 2.05) is 19.1 Å². The Hall–Kier alpha value is -2.27. The molecule has 4 rings (SSSR count). The van der Waals surface area contributed by atoms with Gasteiger partial charge in [0.05, 0.1) is 12.1 Å². The molecule has 2 aromatic rings. The van der Waals surface area contributed by atoms with Crippen molar-refractivity contribution in [3.05, 3.63) is 69.8 Å². The number of fused-ring (bicyclic) bond motifs is 1. The average molecular weight is 371 g/mol. The van der Waals surface area contributed by atoms with E-state index in [9.17, 15) is 18.7 Å². The van der Waals surface area contributed by atoms with Crippen LogP contribution in [0.3, 0.4) is 0 Å². The van der Waals surface area contributed by atoms with Gasteiger partial charge in [-0.05, 0) is 54.2 Å². The molecular formula is C22H23F2NO2. The van der Waals surface area contributed by atoms with Crippen LogP contribution in [0.1, 0.15) is 58.3 Å². The second-order valence-electron chi connectivity index (χ2n) is 7.70. The van der Waals surface area contributed by atoms with E-state index in [0.717, 1.165) is 48.4 Å². The first-order valence-electron chi connectivity index (χ1n) is 9.49. The molecule has 142 valence electrons. The van der Waals surface area contributed by atoms with Crippen molar-refractivity contribution < 1.29 is 18.7 Å². The van der Waals surface area contributed by atoms with E-state index in [4.69, 9.17) is 0 Å². The first kappa shape index (κ1) is 18.1. The van der Waals surface area contributed by atoms with E-state index in [-0.39, 0.29) is 11.9 Å². The minimum Gasteiger partial charge on any atom is -0.391 e. The molecule has 0 unspecified atom stereocenters. The van der Waals surface area contributed by atoms with Crippen LogP contribution >= 0.6 is 0 Å². The highest BCUT2D eigenvalue weighted by atomic mass is 19.1. The fourth-order valence-electron chi connectivity index (χ4n) is 4.34. The maximum atomic E-state index is 14.0. The molecule has 0 spiro atoms. The van der Waals surface area contributed by atoms with Crippen molar-refractivity contribution in [3.8, 4) is 0 Å². The largest absolute Gasteiger partial charge is 0.391 e. The van der Waals surface area contributed by atoms with Gasteiger partial charge in [-0.2, -0.15) is 0 Å². The van der Waals surface area contributed by atoms with E-state index in [2.05, 4.69) is 0 Å². The Morgan fingerprint density at radius 2 is 1.89 bits per heavy atom. The standard InChI is InChI=1S/C22H23F2NO2/c1-13-8-16-12-25(20-4-2-3-5-21(20)26)22(27)18(16)10-15(13)9-14-6-7-17(23)11-19(14)24/h6-8,10-11,20-21,26H,2-5,9,12H2,1H3/t20-,21-/m1/s1. The van der Waals surface area contributed by atoms with Gasteiger partial charge >= 0.3 is 0 Å². The molecule has 1 fully saturated rings. The summed E-state index contributed by atoms with van der Waals surface area (Å²) in [6.07, 6.45) is 3.43. The molecule has 0 radical (unpaired) electrons. The van der Waals surface area contributed by atoms with Crippen LogP contribution in [-0.4, -0.2) is 28.1 Å². The van der Waals surface area contributed by atoms with Crippen molar-refractivity contribution in [2.75, 3.05) is 0 Å². The fourth-order valence-corrected chi connectivity index (χ4v) is 4.34. The molecule has 1 heterocycles. The third kappa shape index (κ3) is 3.36. The Morgan fingerprint density at radius 1 is 1.11 bits per heavy atom. The van der Waals surface area contributed by atoms with Crippen LogP contribution in [0.4, 0.5) is 8.78 Å². The van der Waals surface area contributed by atoms with Crippen molar-refractivity contribution in [2.24, 2.45) is 0 Å². The molecule has 27 heavy (non-hydrogen) atoms. The van der Waals surface area contributed by atoms with Crippen molar-refractivity contribution in [2.45, 2.75) is 57.7 Å². The number of nitrogens with zero attached hydrogens (tertiary/aromatic N) is 1. The first-order chi connectivity index (χ1) is 12.9. The molecular weight excluding hydrogens is 348 g/mol. The average Bonchev–Trinajstić information content (AvgIpc) is 2.94. The summed E-state index contributed by atoms with van der Waals surface area (Å²) < 4.78 is 27.2. The number of hydrogen-bond acceptors (Lipinski definition) is 2. The Kier molecular flexibility index (Phi) is 4.72. The lowest BCUT2D eigenvalue weighted by Crippen LogP contribution is -2.45.